The highest BCUT2D eigenvalue weighted by Crippen LogP contribution is 2.37. The maximum atomic E-state index is 12.8. The molecule has 3 aliphatic heterocycles. The molecule has 0 bridgehead atoms. The lowest BCUT2D eigenvalue weighted by Crippen LogP contribution is -2.52. The number of carbonyl (C=O) groups excluding carboxylic acids is 1. The summed E-state index contributed by atoms with van der Waals surface area (Å²) in [6.07, 6.45) is 7.25. The molecule has 9 heteroatoms. The Morgan fingerprint density at radius 1 is 1.24 bits per heavy atom. The largest absolute Gasteiger partial charge is 0.381 e. The second-order valence-corrected chi connectivity index (χ2v) is 8.53. The maximum absolute atomic E-state index is 12.8. The van der Waals surface area contributed by atoms with Crippen molar-refractivity contribution in [2.24, 2.45) is 0 Å². The van der Waals surface area contributed by atoms with Crippen LogP contribution in [0.2, 0.25) is 0 Å². The lowest BCUT2D eigenvalue weighted by Gasteiger charge is -2.32. The minimum atomic E-state index is -0.473. The van der Waals surface area contributed by atoms with E-state index in [0.717, 1.165) is 56.8 Å². The Labute approximate surface area is 171 Å². The van der Waals surface area contributed by atoms with Crippen LogP contribution in [0.4, 0.5) is 10.7 Å². The van der Waals surface area contributed by atoms with Crippen LogP contribution in [0, 0.1) is 0 Å². The molecule has 0 aliphatic carbocycles. The number of fused-ring (bicyclic) bond motifs is 1. The number of hydrazine groups is 1. The SMILES string of the molecule is CC1(C)c2cnc(NC3CCOCC3)nc2CN1C(=O)NNCC1CCCCO1. The number of urea groups is 1. The maximum Gasteiger partial charge on any atom is 0.332 e. The molecule has 0 spiro atoms. The zero-order valence-electron chi connectivity index (χ0n) is 17.4. The molecule has 2 amide bonds. The van der Waals surface area contributed by atoms with Gasteiger partial charge in [-0.15, -0.1) is 0 Å². The number of hydrogen-bond acceptors (Lipinski definition) is 7. The molecule has 0 radical (unpaired) electrons. The molecule has 9 nitrogen and oxygen atoms in total. The van der Waals surface area contributed by atoms with Crippen LogP contribution < -0.4 is 16.2 Å². The number of carbonyl (C=O) groups is 1. The normalized spacial score (nSPS) is 24.2. The lowest BCUT2D eigenvalue weighted by atomic mass is 9.97. The Morgan fingerprint density at radius 2 is 2.07 bits per heavy atom. The lowest BCUT2D eigenvalue weighted by molar-refractivity contribution is 0.0151. The molecule has 3 aliphatic rings. The molecule has 2 fully saturated rings. The number of nitrogens with one attached hydrogen (secondary N) is 3. The number of rotatable bonds is 5. The van der Waals surface area contributed by atoms with Crippen molar-refractivity contribution in [3.8, 4) is 0 Å². The Hall–Kier alpha value is -1.97. The van der Waals surface area contributed by atoms with Gasteiger partial charge in [0.1, 0.15) is 0 Å². The first-order valence-electron chi connectivity index (χ1n) is 10.7. The molecule has 160 valence electrons. The Balaban J connectivity index is 1.35. The highest BCUT2D eigenvalue weighted by atomic mass is 16.5. The molecule has 0 aromatic carbocycles. The molecular weight excluding hydrogens is 372 g/mol. The third-order valence-electron chi connectivity index (χ3n) is 6.11. The van der Waals surface area contributed by atoms with Crippen molar-refractivity contribution in [1.82, 2.24) is 25.7 Å². The molecule has 1 unspecified atom stereocenters. The van der Waals surface area contributed by atoms with Crippen molar-refractivity contribution in [3.05, 3.63) is 17.5 Å². The molecule has 1 aromatic heterocycles. The number of ether oxygens (including phenoxy) is 2. The van der Waals surface area contributed by atoms with E-state index >= 15 is 0 Å². The number of hydrogen-bond donors (Lipinski definition) is 3. The van der Waals surface area contributed by atoms with Gasteiger partial charge in [0.2, 0.25) is 5.95 Å². The van der Waals surface area contributed by atoms with Gasteiger partial charge >= 0.3 is 6.03 Å². The van der Waals surface area contributed by atoms with Crippen LogP contribution in [0.3, 0.4) is 0 Å². The molecular formula is C20H32N6O3. The van der Waals surface area contributed by atoms with E-state index in [4.69, 9.17) is 14.5 Å². The van der Waals surface area contributed by atoms with E-state index in [0.29, 0.717) is 25.1 Å². The minimum absolute atomic E-state index is 0.164. The van der Waals surface area contributed by atoms with Crippen molar-refractivity contribution < 1.29 is 14.3 Å². The second kappa shape index (κ2) is 8.81. The summed E-state index contributed by atoms with van der Waals surface area (Å²) in [5.41, 5.74) is 7.27. The first-order valence-corrected chi connectivity index (χ1v) is 10.7. The van der Waals surface area contributed by atoms with E-state index in [9.17, 15) is 4.79 Å². The Morgan fingerprint density at radius 3 is 2.83 bits per heavy atom. The summed E-state index contributed by atoms with van der Waals surface area (Å²) in [5, 5.41) is 3.41. The molecule has 29 heavy (non-hydrogen) atoms. The van der Waals surface area contributed by atoms with Gasteiger partial charge in [0, 0.05) is 44.2 Å². The van der Waals surface area contributed by atoms with E-state index in [-0.39, 0.29) is 12.1 Å². The van der Waals surface area contributed by atoms with Gasteiger partial charge in [-0.2, -0.15) is 0 Å². The molecule has 2 saturated heterocycles. The van der Waals surface area contributed by atoms with Gasteiger partial charge in [-0.3, -0.25) is 5.43 Å². The van der Waals surface area contributed by atoms with Crippen LogP contribution in [0.5, 0.6) is 0 Å². The molecule has 1 atom stereocenters. The molecule has 1 aromatic rings. The van der Waals surface area contributed by atoms with Crippen molar-refractivity contribution in [2.45, 2.75) is 70.2 Å². The van der Waals surface area contributed by atoms with Crippen molar-refractivity contribution in [1.29, 1.82) is 0 Å². The first-order chi connectivity index (χ1) is 14.0. The Kier molecular flexibility index (Phi) is 6.17. The van der Waals surface area contributed by atoms with Gasteiger partial charge in [-0.1, -0.05) is 0 Å². The van der Waals surface area contributed by atoms with Gasteiger partial charge in [-0.05, 0) is 46.0 Å². The van der Waals surface area contributed by atoms with Crippen molar-refractivity contribution >= 4 is 12.0 Å². The minimum Gasteiger partial charge on any atom is -0.381 e. The molecule has 0 saturated carbocycles. The van der Waals surface area contributed by atoms with Gasteiger partial charge in [0.15, 0.2) is 0 Å². The fourth-order valence-corrected chi connectivity index (χ4v) is 4.24. The third kappa shape index (κ3) is 4.62. The summed E-state index contributed by atoms with van der Waals surface area (Å²) in [6, 6.07) is 0.171. The summed E-state index contributed by atoms with van der Waals surface area (Å²) in [4.78, 5) is 23.8. The molecule has 4 rings (SSSR count). The Bertz CT molecular complexity index is 716. The predicted octanol–water partition coefficient (Wildman–Crippen LogP) is 1.90. The van der Waals surface area contributed by atoms with Gasteiger partial charge in [0.25, 0.3) is 0 Å². The fraction of sp³-hybridized carbons (Fsp3) is 0.750. The summed E-state index contributed by atoms with van der Waals surface area (Å²) in [5.74, 6) is 0.626. The fourth-order valence-electron chi connectivity index (χ4n) is 4.24. The highest BCUT2D eigenvalue weighted by molar-refractivity contribution is 5.75. The van der Waals surface area contributed by atoms with Crippen LogP contribution >= 0.6 is 0 Å². The summed E-state index contributed by atoms with van der Waals surface area (Å²) in [6.45, 7) is 7.46. The highest BCUT2D eigenvalue weighted by Gasteiger charge is 2.42. The van der Waals surface area contributed by atoms with Gasteiger partial charge < -0.3 is 19.7 Å². The number of nitrogens with zero attached hydrogens (tertiary/aromatic N) is 3. The van der Waals surface area contributed by atoms with Crippen molar-refractivity contribution in [3.63, 3.8) is 0 Å². The number of aromatic nitrogens is 2. The number of amides is 2. The van der Waals surface area contributed by atoms with Crippen molar-refractivity contribution in [2.75, 3.05) is 31.7 Å². The van der Waals surface area contributed by atoms with E-state index in [1.165, 1.54) is 6.42 Å². The zero-order valence-corrected chi connectivity index (χ0v) is 17.4. The zero-order chi connectivity index (χ0) is 20.3. The third-order valence-corrected chi connectivity index (χ3v) is 6.11. The van der Waals surface area contributed by atoms with Crippen LogP contribution in [-0.4, -0.2) is 59.4 Å². The predicted molar refractivity (Wildman–Crippen MR) is 108 cm³/mol. The standard InChI is InChI=1S/C20H32N6O3/c1-20(2)16-12-21-18(23-14-6-9-28-10-7-14)24-17(16)13-26(20)19(27)25-22-11-15-5-3-4-8-29-15/h12,14-15,22H,3-11,13H2,1-2H3,(H,25,27)(H,21,23,24). The van der Waals surface area contributed by atoms with Crippen LogP contribution in [0.1, 0.15) is 57.2 Å². The van der Waals surface area contributed by atoms with E-state index in [2.05, 4.69) is 21.2 Å². The summed E-state index contributed by atoms with van der Waals surface area (Å²) >= 11 is 0. The van der Waals surface area contributed by atoms with Gasteiger partial charge in [0.05, 0.1) is 23.9 Å². The smallest absolute Gasteiger partial charge is 0.332 e. The average molecular weight is 405 g/mol. The van der Waals surface area contributed by atoms with Gasteiger partial charge in [-0.25, -0.2) is 20.2 Å². The van der Waals surface area contributed by atoms with Crippen LogP contribution in [0.15, 0.2) is 6.20 Å². The molecule has 3 N–H and O–H groups in total. The summed E-state index contributed by atoms with van der Waals surface area (Å²) < 4.78 is 11.1. The number of anilines is 1. The second-order valence-electron chi connectivity index (χ2n) is 8.53. The van der Waals surface area contributed by atoms with E-state index in [1.54, 1.807) is 4.90 Å². The quantitative estimate of drug-likeness (QED) is 0.645. The van der Waals surface area contributed by atoms with E-state index < -0.39 is 5.54 Å². The summed E-state index contributed by atoms with van der Waals surface area (Å²) in [7, 11) is 0. The monoisotopic (exact) mass is 404 g/mol. The molecule has 4 heterocycles. The van der Waals surface area contributed by atoms with Crippen LogP contribution in [-0.2, 0) is 21.6 Å². The first kappa shape index (κ1) is 20.3. The van der Waals surface area contributed by atoms with Crippen LogP contribution in [0.25, 0.3) is 0 Å². The average Bonchev–Trinajstić information content (AvgIpc) is 3.00. The topological polar surface area (TPSA) is 101 Å². The van der Waals surface area contributed by atoms with E-state index in [1.807, 2.05) is 20.0 Å².